The highest BCUT2D eigenvalue weighted by Gasteiger charge is 2.14. The van der Waals surface area contributed by atoms with E-state index in [2.05, 4.69) is 0 Å². The molecule has 0 heterocycles. The first-order chi connectivity index (χ1) is 4.76. The summed E-state index contributed by atoms with van der Waals surface area (Å²) in [5, 5.41) is 9.28. The number of hydrogen-bond acceptors (Lipinski definition) is 2. The molecule has 0 aliphatic rings. The lowest BCUT2D eigenvalue weighted by Gasteiger charge is -2.13. The summed E-state index contributed by atoms with van der Waals surface area (Å²) in [6.45, 7) is 3.92. The van der Waals surface area contributed by atoms with Crippen LogP contribution in [-0.2, 0) is 4.79 Å². The number of hydrogen-bond donors (Lipinski definition) is 1. The molecule has 0 aromatic heterocycles. The minimum atomic E-state index is -0.424. The van der Waals surface area contributed by atoms with Gasteiger partial charge in [-0.2, -0.15) is 0 Å². The maximum atomic E-state index is 10.3. The van der Waals surface area contributed by atoms with Crippen molar-refractivity contribution in [1.82, 2.24) is 0 Å². The van der Waals surface area contributed by atoms with Gasteiger partial charge in [0, 0.05) is 5.92 Å². The van der Waals surface area contributed by atoms with E-state index in [-0.39, 0.29) is 5.92 Å². The molecule has 0 saturated heterocycles. The highest BCUT2D eigenvalue weighted by Crippen LogP contribution is 2.10. The van der Waals surface area contributed by atoms with Gasteiger partial charge in [0.2, 0.25) is 0 Å². The smallest absolute Gasteiger partial charge is 0.125 e. The Morgan fingerprint density at radius 2 is 2.10 bits per heavy atom. The molecule has 2 heteroatoms. The average Bonchev–Trinajstić information content (AvgIpc) is 1.91. The SMILES string of the molecule is CCC[C@H](O)[C@H](C=O)CC. The molecule has 0 aliphatic carbocycles. The largest absolute Gasteiger partial charge is 0.392 e. The molecule has 1 N–H and O–H groups in total. The Morgan fingerprint density at radius 1 is 1.50 bits per heavy atom. The third-order valence-corrected chi connectivity index (χ3v) is 1.72. The zero-order chi connectivity index (χ0) is 7.98. The van der Waals surface area contributed by atoms with Crippen molar-refractivity contribution in [3.8, 4) is 0 Å². The summed E-state index contributed by atoms with van der Waals surface area (Å²) in [7, 11) is 0. The molecule has 0 radical (unpaired) electrons. The molecule has 60 valence electrons. The predicted octanol–water partition coefficient (Wildman–Crippen LogP) is 1.37. The summed E-state index contributed by atoms with van der Waals surface area (Å²) in [5.41, 5.74) is 0. The van der Waals surface area contributed by atoms with Gasteiger partial charge < -0.3 is 9.90 Å². The van der Waals surface area contributed by atoms with Crippen molar-refractivity contribution >= 4 is 6.29 Å². The van der Waals surface area contributed by atoms with E-state index in [1.807, 2.05) is 13.8 Å². The molecule has 0 amide bonds. The second kappa shape index (κ2) is 5.42. The van der Waals surface area contributed by atoms with Crippen molar-refractivity contribution in [1.29, 1.82) is 0 Å². The minimum absolute atomic E-state index is 0.153. The zero-order valence-corrected chi connectivity index (χ0v) is 6.71. The Labute approximate surface area is 62.2 Å². The lowest BCUT2D eigenvalue weighted by atomic mass is 9.98. The van der Waals surface area contributed by atoms with Gasteiger partial charge in [0.05, 0.1) is 6.10 Å². The highest BCUT2D eigenvalue weighted by atomic mass is 16.3. The summed E-state index contributed by atoms with van der Waals surface area (Å²) in [6, 6.07) is 0. The maximum Gasteiger partial charge on any atom is 0.125 e. The van der Waals surface area contributed by atoms with Gasteiger partial charge in [-0.25, -0.2) is 0 Å². The molecule has 0 saturated carbocycles. The lowest BCUT2D eigenvalue weighted by molar-refractivity contribution is -0.114. The summed E-state index contributed by atoms with van der Waals surface area (Å²) in [6.07, 6.45) is 2.83. The van der Waals surface area contributed by atoms with Gasteiger partial charge in [0.15, 0.2) is 0 Å². The number of carbonyl (C=O) groups is 1. The Morgan fingerprint density at radius 3 is 2.40 bits per heavy atom. The Bertz CT molecular complexity index is 91.3. The summed E-state index contributed by atoms with van der Waals surface area (Å²) < 4.78 is 0. The quantitative estimate of drug-likeness (QED) is 0.592. The van der Waals surface area contributed by atoms with E-state index in [4.69, 9.17) is 0 Å². The second-order valence-electron chi connectivity index (χ2n) is 2.56. The van der Waals surface area contributed by atoms with Crippen molar-refractivity contribution in [3.05, 3.63) is 0 Å². The first-order valence-corrected chi connectivity index (χ1v) is 3.89. The fraction of sp³-hybridized carbons (Fsp3) is 0.875. The normalized spacial score (nSPS) is 16.3. The molecule has 0 fully saturated rings. The van der Waals surface area contributed by atoms with Gasteiger partial charge in [0.25, 0.3) is 0 Å². The molecule has 0 spiro atoms. The first-order valence-electron chi connectivity index (χ1n) is 3.89. The van der Waals surface area contributed by atoms with Crippen LogP contribution in [0.4, 0.5) is 0 Å². The maximum absolute atomic E-state index is 10.3. The van der Waals surface area contributed by atoms with Crippen LogP contribution in [0.25, 0.3) is 0 Å². The molecule has 0 aromatic carbocycles. The minimum Gasteiger partial charge on any atom is -0.392 e. The van der Waals surface area contributed by atoms with E-state index in [1.54, 1.807) is 0 Å². The van der Waals surface area contributed by atoms with Crippen LogP contribution in [0.5, 0.6) is 0 Å². The first kappa shape index (κ1) is 9.63. The second-order valence-corrected chi connectivity index (χ2v) is 2.56. The molecule has 0 unspecified atom stereocenters. The van der Waals surface area contributed by atoms with E-state index in [0.29, 0.717) is 0 Å². The highest BCUT2D eigenvalue weighted by molar-refractivity contribution is 5.54. The topological polar surface area (TPSA) is 37.3 Å². The molecule has 0 aliphatic heterocycles. The fourth-order valence-electron chi connectivity index (χ4n) is 0.969. The van der Waals surface area contributed by atoms with E-state index in [0.717, 1.165) is 25.5 Å². The van der Waals surface area contributed by atoms with Crippen LogP contribution in [0, 0.1) is 5.92 Å². The number of aldehydes is 1. The number of carbonyl (C=O) groups excluding carboxylic acids is 1. The number of aliphatic hydroxyl groups excluding tert-OH is 1. The van der Waals surface area contributed by atoms with Gasteiger partial charge in [-0.3, -0.25) is 0 Å². The lowest BCUT2D eigenvalue weighted by Crippen LogP contribution is -2.20. The van der Waals surface area contributed by atoms with Crippen molar-refractivity contribution in [3.63, 3.8) is 0 Å². The summed E-state index contributed by atoms with van der Waals surface area (Å²) >= 11 is 0. The number of aliphatic hydroxyl groups is 1. The van der Waals surface area contributed by atoms with Gasteiger partial charge >= 0.3 is 0 Å². The third kappa shape index (κ3) is 2.97. The van der Waals surface area contributed by atoms with Crippen molar-refractivity contribution < 1.29 is 9.90 Å². The Kier molecular flexibility index (Phi) is 5.22. The average molecular weight is 144 g/mol. The molecule has 0 aromatic rings. The van der Waals surface area contributed by atoms with Crippen LogP contribution in [0.15, 0.2) is 0 Å². The van der Waals surface area contributed by atoms with Crippen LogP contribution in [0.2, 0.25) is 0 Å². The van der Waals surface area contributed by atoms with Crippen LogP contribution in [0.3, 0.4) is 0 Å². The van der Waals surface area contributed by atoms with Crippen molar-refractivity contribution in [2.75, 3.05) is 0 Å². The monoisotopic (exact) mass is 144 g/mol. The standard InChI is InChI=1S/C8H16O2/c1-3-5-8(10)7(4-2)6-9/h6-8,10H,3-5H2,1-2H3/t7-,8-/m0/s1. The Hall–Kier alpha value is -0.370. The van der Waals surface area contributed by atoms with Gasteiger partial charge in [-0.1, -0.05) is 20.3 Å². The molecule has 0 bridgehead atoms. The van der Waals surface area contributed by atoms with E-state index >= 15 is 0 Å². The molecular formula is C8H16O2. The van der Waals surface area contributed by atoms with E-state index in [9.17, 15) is 9.90 Å². The van der Waals surface area contributed by atoms with Crippen LogP contribution in [0.1, 0.15) is 33.1 Å². The van der Waals surface area contributed by atoms with Gasteiger partial charge in [0.1, 0.15) is 6.29 Å². The van der Waals surface area contributed by atoms with Crippen LogP contribution >= 0.6 is 0 Å². The van der Waals surface area contributed by atoms with E-state index < -0.39 is 6.10 Å². The van der Waals surface area contributed by atoms with Crippen molar-refractivity contribution in [2.45, 2.75) is 39.2 Å². The van der Waals surface area contributed by atoms with Gasteiger partial charge in [-0.15, -0.1) is 0 Å². The molecule has 0 rings (SSSR count). The van der Waals surface area contributed by atoms with E-state index in [1.165, 1.54) is 0 Å². The number of rotatable bonds is 5. The van der Waals surface area contributed by atoms with Crippen LogP contribution in [-0.4, -0.2) is 17.5 Å². The summed E-state index contributed by atoms with van der Waals surface area (Å²) in [4.78, 5) is 10.3. The molecule has 2 atom stereocenters. The third-order valence-electron chi connectivity index (χ3n) is 1.72. The molecule has 10 heavy (non-hydrogen) atoms. The zero-order valence-electron chi connectivity index (χ0n) is 6.71. The van der Waals surface area contributed by atoms with Crippen LogP contribution < -0.4 is 0 Å². The predicted molar refractivity (Wildman–Crippen MR) is 40.8 cm³/mol. The fourth-order valence-corrected chi connectivity index (χ4v) is 0.969. The van der Waals surface area contributed by atoms with Gasteiger partial charge in [-0.05, 0) is 12.8 Å². The molecular weight excluding hydrogens is 128 g/mol. The van der Waals surface area contributed by atoms with Crippen molar-refractivity contribution in [2.24, 2.45) is 5.92 Å². The Balaban J connectivity index is 3.63. The summed E-state index contributed by atoms with van der Waals surface area (Å²) in [5.74, 6) is -0.153. The molecule has 2 nitrogen and oxygen atoms in total.